The molecule has 2 aromatic rings. The Hall–Kier alpha value is -1.20. The minimum atomic E-state index is -0.416. The van der Waals surface area contributed by atoms with Crippen LogP contribution in [0.25, 0.3) is 11.1 Å². The van der Waals surface area contributed by atoms with Crippen molar-refractivity contribution < 1.29 is 4.42 Å². The fourth-order valence-electron chi connectivity index (χ4n) is 1.19. The number of nitrogens with two attached hydrogens (primary N) is 1. The van der Waals surface area contributed by atoms with Gasteiger partial charge in [-0.15, -0.1) is 11.8 Å². The van der Waals surface area contributed by atoms with Crippen LogP contribution in [0.3, 0.4) is 0 Å². The molecule has 0 atom stereocenters. The van der Waals surface area contributed by atoms with Gasteiger partial charge in [0.05, 0.1) is 5.52 Å². The molecule has 0 aliphatic carbocycles. The summed E-state index contributed by atoms with van der Waals surface area (Å²) in [7, 11) is 0. The molecule has 0 unspecified atom stereocenters. The van der Waals surface area contributed by atoms with Gasteiger partial charge in [0.25, 0.3) is 0 Å². The van der Waals surface area contributed by atoms with Crippen molar-refractivity contribution in [2.45, 2.75) is 4.90 Å². The van der Waals surface area contributed by atoms with Crippen molar-refractivity contribution in [3.05, 3.63) is 28.7 Å². The fourth-order valence-corrected chi connectivity index (χ4v) is 1.90. The average molecular weight is 210 g/mol. The van der Waals surface area contributed by atoms with Gasteiger partial charge in [-0.2, -0.15) is 0 Å². The Morgan fingerprint density at radius 3 is 3.14 bits per heavy atom. The number of thioether (sulfide) groups is 1. The molecular weight excluding hydrogens is 200 g/mol. The summed E-state index contributed by atoms with van der Waals surface area (Å²) in [6.07, 6.45) is 0. The molecule has 1 heterocycles. The lowest BCUT2D eigenvalue weighted by Crippen LogP contribution is -2.00. The highest BCUT2D eigenvalue weighted by Crippen LogP contribution is 2.21. The van der Waals surface area contributed by atoms with E-state index in [1.165, 1.54) is 0 Å². The summed E-state index contributed by atoms with van der Waals surface area (Å²) in [5.74, 6) is 0.446. The Morgan fingerprint density at radius 2 is 2.36 bits per heavy atom. The minimum absolute atomic E-state index is 0.416. The molecule has 0 saturated heterocycles. The predicted octanol–water partition coefficient (Wildman–Crippen LogP) is 1.17. The lowest BCUT2D eigenvalue weighted by molar-refractivity contribution is 0.555. The second kappa shape index (κ2) is 3.89. The molecule has 0 saturated carbocycles. The van der Waals surface area contributed by atoms with E-state index in [1.807, 2.05) is 18.2 Å². The summed E-state index contributed by atoms with van der Waals surface area (Å²) in [6, 6.07) is 5.61. The Labute approximate surface area is 84.5 Å². The predicted molar refractivity (Wildman–Crippen MR) is 56.6 cm³/mol. The molecule has 74 valence electrons. The first kappa shape index (κ1) is 9.36. The van der Waals surface area contributed by atoms with Crippen molar-refractivity contribution in [1.82, 2.24) is 4.98 Å². The van der Waals surface area contributed by atoms with Gasteiger partial charge >= 0.3 is 5.76 Å². The molecule has 0 aliphatic heterocycles. The standard InChI is InChI=1S/C9H10N2O2S/c10-3-4-14-6-1-2-7-8(5-6)13-9(12)11-7/h1-2,5H,3-4,10H2,(H,11,12). The Kier molecular flexibility index (Phi) is 2.60. The molecule has 0 bridgehead atoms. The minimum Gasteiger partial charge on any atom is -0.408 e. The third-order valence-electron chi connectivity index (χ3n) is 1.78. The maximum Gasteiger partial charge on any atom is 0.417 e. The summed E-state index contributed by atoms with van der Waals surface area (Å²) >= 11 is 1.64. The van der Waals surface area contributed by atoms with Gasteiger partial charge in [-0.1, -0.05) is 0 Å². The van der Waals surface area contributed by atoms with Crippen LogP contribution in [0.4, 0.5) is 0 Å². The van der Waals surface area contributed by atoms with Gasteiger partial charge < -0.3 is 10.2 Å². The Balaban J connectivity index is 2.35. The second-order valence-electron chi connectivity index (χ2n) is 2.81. The van der Waals surface area contributed by atoms with E-state index in [4.69, 9.17) is 10.2 Å². The van der Waals surface area contributed by atoms with Crippen LogP contribution in [0.5, 0.6) is 0 Å². The highest BCUT2D eigenvalue weighted by molar-refractivity contribution is 7.99. The largest absolute Gasteiger partial charge is 0.417 e. The third-order valence-corrected chi connectivity index (χ3v) is 2.81. The Bertz CT molecular complexity index is 489. The molecule has 5 heteroatoms. The van der Waals surface area contributed by atoms with Crippen LogP contribution >= 0.6 is 11.8 Å². The van der Waals surface area contributed by atoms with Crippen molar-refractivity contribution in [1.29, 1.82) is 0 Å². The van der Waals surface area contributed by atoms with Crippen molar-refractivity contribution >= 4 is 22.9 Å². The van der Waals surface area contributed by atoms with Crippen LogP contribution < -0.4 is 11.5 Å². The van der Waals surface area contributed by atoms with E-state index in [1.54, 1.807) is 11.8 Å². The van der Waals surface area contributed by atoms with Crippen LogP contribution in [0, 0.1) is 0 Å². The van der Waals surface area contributed by atoms with Gasteiger partial charge in [0.2, 0.25) is 0 Å². The zero-order valence-corrected chi connectivity index (χ0v) is 8.26. The van der Waals surface area contributed by atoms with E-state index < -0.39 is 5.76 Å². The van der Waals surface area contributed by atoms with Crippen LogP contribution in [-0.4, -0.2) is 17.3 Å². The van der Waals surface area contributed by atoms with Gasteiger partial charge in [0.1, 0.15) is 0 Å². The molecule has 0 spiro atoms. The number of aromatic amines is 1. The van der Waals surface area contributed by atoms with Crippen molar-refractivity contribution in [3.8, 4) is 0 Å². The van der Waals surface area contributed by atoms with E-state index in [-0.39, 0.29) is 0 Å². The summed E-state index contributed by atoms with van der Waals surface area (Å²) in [5, 5.41) is 0. The van der Waals surface area contributed by atoms with E-state index in [0.29, 0.717) is 12.1 Å². The monoisotopic (exact) mass is 210 g/mol. The molecule has 0 fully saturated rings. The highest BCUT2D eigenvalue weighted by Gasteiger charge is 2.01. The van der Waals surface area contributed by atoms with E-state index in [9.17, 15) is 4.79 Å². The quantitative estimate of drug-likeness (QED) is 0.746. The van der Waals surface area contributed by atoms with E-state index >= 15 is 0 Å². The molecular formula is C9H10N2O2S. The molecule has 4 nitrogen and oxygen atoms in total. The Morgan fingerprint density at radius 1 is 1.50 bits per heavy atom. The highest BCUT2D eigenvalue weighted by atomic mass is 32.2. The maximum absolute atomic E-state index is 10.9. The topological polar surface area (TPSA) is 72.0 Å². The van der Waals surface area contributed by atoms with Crippen LogP contribution in [0.2, 0.25) is 0 Å². The first-order valence-corrected chi connectivity index (χ1v) is 5.24. The first-order chi connectivity index (χ1) is 6.79. The van der Waals surface area contributed by atoms with Gasteiger partial charge in [0, 0.05) is 17.2 Å². The van der Waals surface area contributed by atoms with Crippen molar-refractivity contribution in [2.75, 3.05) is 12.3 Å². The molecule has 2 rings (SSSR count). The molecule has 14 heavy (non-hydrogen) atoms. The summed E-state index contributed by atoms with van der Waals surface area (Å²) in [5.41, 5.74) is 6.72. The summed E-state index contributed by atoms with van der Waals surface area (Å²) in [6.45, 7) is 0.639. The number of H-pyrrole nitrogens is 1. The van der Waals surface area contributed by atoms with Gasteiger partial charge in [-0.3, -0.25) is 4.98 Å². The van der Waals surface area contributed by atoms with Gasteiger partial charge in [-0.05, 0) is 18.2 Å². The number of rotatable bonds is 3. The normalized spacial score (nSPS) is 10.9. The molecule has 1 aromatic heterocycles. The number of nitrogens with one attached hydrogen (secondary N) is 1. The lowest BCUT2D eigenvalue weighted by atomic mass is 10.3. The van der Waals surface area contributed by atoms with E-state index in [0.717, 1.165) is 16.2 Å². The van der Waals surface area contributed by atoms with Crippen molar-refractivity contribution in [2.24, 2.45) is 5.73 Å². The van der Waals surface area contributed by atoms with Crippen LogP contribution in [-0.2, 0) is 0 Å². The summed E-state index contributed by atoms with van der Waals surface area (Å²) < 4.78 is 4.93. The average Bonchev–Trinajstić information content (AvgIpc) is 2.54. The van der Waals surface area contributed by atoms with E-state index in [2.05, 4.69) is 4.98 Å². The number of aromatic nitrogens is 1. The number of benzene rings is 1. The summed E-state index contributed by atoms with van der Waals surface area (Å²) in [4.78, 5) is 14.5. The molecule has 0 amide bonds. The number of fused-ring (bicyclic) bond motifs is 1. The molecule has 1 aromatic carbocycles. The zero-order chi connectivity index (χ0) is 9.97. The lowest BCUT2D eigenvalue weighted by Gasteiger charge is -1.97. The van der Waals surface area contributed by atoms with Crippen LogP contribution in [0.15, 0.2) is 32.3 Å². The zero-order valence-electron chi connectivity index (χ0n) is 7.45. The number of hydrogen-bond donors (Lipinski definition) is 2. The van der Waals surface area contributed by atoms with Crippen LogP contribution in [0.1, 0.15) is 0 Å². The van der Waals surface area contributed by atoms with Gasteiger partial charge in [0.15, 0.2) is 5.58 Å². The molecule has 0 radical (unpaired) electrons. The first-order valence-electron chi connectivity index (χ1n) is 4.25. The molecule has 0 aliphatic rings. The third kappa shape index (κ3) is 1.83. The van der Waals surface area contributed by atoms with Crippen molar-refractivity contribution in [3.63, 3.8) is 0 Å². The maximum atomic E-state index is 10.9. The SMILES string of the molecule is NCCSc1ccc2[nH]c(=O)oc2c1. The number of hydrogen-bond acceptors (Lipinski definition) is 4. The smallest absolute Gasteiger partial charge is 0.408 e. The second-order valence-corrected chi connectivity index (χ2v) is 3.98. The molecule has 3 N–H and O–H groups in total. The fraction of sp³-hybridized carbons (Fsp3) is 0.222. The van der Waals surface area contributed by atoms with Gasteiger partial charge in [-0.25, -0.2) is 4.79 Å². The number of oxazole rings is 1.